The van der Waals surface area contributed by atoms with Gasteiger partial charge in [0.15, 0.2) is 5.89 Å². The van der Waals surface area contributed by atoms with Crippen molar-refractivity contribution in [1.82, 2.24) is 44.3 Å². The first-order chi connectivity index (χ1) is 29.7. The highest BCUT2D eigenvalue weighted by atomic mass is 32.1. The zero-order valence-electron chi connectivity index (χ0n) is 45.0. The van der Waals surface area contributed by atoms with Crippen molar-refractivity contribution >= 4 is 22.7 Å². The first kappa shape index (κ1) is 58.1. The summed E-state index contributed by atoms with van der Waals surface area (Å²) in [6.07, 6.45) is 3.26. The van der Waals surface area contributed by atoms with Gasteiger partial charge >= 0.3 is 0 Å². The molecule has 0 saturated heterocycles. The lowest BCUT2D eigenvalue weighted by Crippen LogP contribution is -1.97. The molecule has 360 valence electrons. The minimum atomic E-state index is 0.396. The first-order valence-electron chi connectivity index (χ1n) is 23.6. The molecule has 0 aromatic carbocycles. The lowest BCUT2D eigenvalue weighted by Gasteiger charge is -2.00. The van der Waals surface area contributed by atoms with E-state index < -0.39 is 0 Å². The molecule has 6 aromatic rings. The highest BCUT2D eigenvalue weighted by Gasteiger charge is 2.13. The Kier molecular flexibility index (Phi) is 25.0. The Morgan fingerprint density at radius 3 is 1.27 bits per heavy atom. The molecular formula is C52H89N9OS2. The van der Waals surface area contributed by atoms with Gasteiger partial charge in [-0.25, -0.2) is 15.0 Å². The summed E-state index contributed by atoms with van der Waals surface area (Å²) in [6.45, 7) is 46.9. The number of aryl methyl sites for hydroxylation is 11. The average molecular weight is 920 g/mol. The summed E-state index contributed by atoms with van der Waals surface area (Å²) in [5, 5.41) is 15.8. The fourth-order valence-corrected chi connectivity index (χ4v) is 8.19. The second kappa shape index (κ2) is 27.5. The molecule has 0 fully saturated rings. The molecule has 64 heavy (non-hydrogen) atoms. The van der Waals surface area contributed by atoms with E-state index in [-0.39, 0.29) is 0 Å². The second-order valence-corrected chi connectivity index (χ2v) is 20.9. The lowest BCUT2D eigenvalue weighted by atomic mass is 10.0. The zero-order valence-corrected chi connectivity index (χ0v) is 46.6. The van der Waals surface area contributed by atoms with E-state index >= 15 is 0 Å². The van der Waals surface area contributed by atoms with Crippen molar-refractivity contribution in [2.75, 3.05) is 0 Å². The van der Waals surface area contributed by atoms with Gasteiger partial charge in [0.25, 0.3) is 0 Å². The lowest BCUT2D eigenvalue weighted by molar-refractivity contribution is 0.450. The Morgan fingerprint density at radius 2 is 1.03 bits per heavy atom. The van der Waals surface area contributed by atoms with Gasteiger partial charge in [-0.2, -0.15) is 15.3 Å². The summed E-state index contributed by atoms with van der Waals surface area (Å²) in [5.41, 5.74) is 12.3. The SMILES string of the molecule is CCc1c(C)c(C(C)C)nn1C.CCc1cc(C(C)C)nn1C.CCc1sc(C(C)C)nc1C.Cc1cc(C(C)C)nn1C.Cc1nc(C(C)C)oc1C.Cc1nc(C(C)C)sc1C. The number of hydrogen-bond donors (Lipinski definition) is 0. The van der Waals surface area contributed by atoms with Gasteiger partial charge in [-0.15, -0.1) is 22.7 Å². The van der Waals surface area contributed by atoms with E-state index in [4.69, 9.17) is 4.42 Å². The minimum Gasteiger partial charge on any atom is -0.445 e. The van der Waals surface area contributed by atoms with Crippen LogP contribution in [0.1, 0.15) is 228 Å². The fourth-order valence-electron chi connectivity index (χ4n) is 6.26. The molecule has 0 bridgehead atoms. The molecule has 0 spiro atoms. The van der Waals surface area contributed by atoms with Crippen LogP contribution in [0.5, 0.6) is 0 Å². The van der Waals surface area contributed by atoms with Gasteiger partial charge in [0.1, 0.15) is 5.76 Å². The van der Waals surface area contributed by atoms with E-state index in [2.05, 4.69) is 181 Å². The number of hydrogen-bond acceptors (Lipinski definition) is 9. The molecule has 0 radical (unpaired) electrons. The predicted molar refractivity (Wildman–Crippen MR) is 276 cm³/mol. The summed E-state index contributed by atoms with van der Waals surface area (Å²) in [4.78, 5) is 16.0. The maximum atomic E-state index is 5.36. The molecule has 0 amide bonds. The van der Waals surface area contributed by atoms with Crippen molar-refractivity contribution in [3.05, 3.63) is 100 Å². The third-order valence-corrected chi connectivity index (χ3v) is 13.8. The van der Waals surface area contributed by atoms with E-state index in [1.165, 1.54) is 70.9 Å². The van der Waals surface area contributed by atoms with Crippen LogP contribution in [0, 0.1) is 48.5 Å². The normalized spacial score (nSPS) is 11.0. The van der Waals surface area contributed by atoms with Gasteiger partial charge in [-0.3, -0.25) is 14.0 Å². The molecule has 6 aromatic heterocycles. The average Bonchev–Trinajstić information content (AvgIpc) is 4.07. The molecule has 0 aliphatic heterocycles. The Hall–Kier alpha value is -3.90. The molecular weight excluding hydrogens is 831 g/mol. The standard InChI is InChI=1S/C10H18N2.C9H16N2.C9H15NS.C8H14N2.C8H13NO.C8H13NS/c1-6-9-8(4)10(7(2)3)11-12(9)5;1-5-8-6-9(7(2)3)10-11(8)4;1-5-8-7(4)10-9(11-8)6(2)3;1-6(2)8-5-7(3)10(4)9-8;2*1-5(2)8-9-6(3)7(4)10-8/h7H,6H2,1-5H3;6-7H,5H2,1-4H3;6H,5H2,1-4H3;5-6H,1-4H3;2*5H,1-4H3. The zero-order chi connectivity index (χ0) is 49.3. The maximum absolute atomic E-state index is 5.36. The van der Waals surface area contributed by atoms with E-state index in [0.29, 0.717) is 35.5 Å². The van der Waals surface area contributed by atoms with Crippen LogP contribution in [-0.4, -0.2) is 44.3 Å². The van der Waals surface area contributed by atoms with Crippen LogP contribution in [-0.2, 0) is 40.4 Å². The van der Waals surface area contributed by atoms with Crippen molar-refractivity contribution in [2.24, 2.45) is 21.1 Å². The topological polar surface area (TPSA) is 105 Å². The number of thiazole rings is 2. The Bertz CT molecular complexity index is 2000. The number of nitrogens with zero attached hydrogens (tertiary/aromatic N) is 9. The Morgan fingerprint density at radius 1 is 0.516 bits per heavy atom. The largest absolute Gasteiger partial charge is 0.445 e. The van der Waals surface area contributed by atoms with Crippen LogP contribution >= 0.6 is 22.7 Å². The Labute approximate surface area is 398 Å². The molecule has 12 heteroatoms. The molecule has 0 unspecified atom stereocenters. The van der Waals surface area contributed by atoms with Crippen molar-refractivity contribution in [2.45, 2.75) is 207 Å². The molecule has 0 N–H and O–H groups in total. The van der Waals surface area contributed by atoms with Gasteiger partial charge in [0.05, 0.1) is 44.2 Å². The van der Waals surface area contributed by atoms with E-state index in [1.54, 1.807) is 0 Å². The molecule has 0 aliphatic carbocycles. The molecule has 6 rings (SSSR count). The monoisotopic (exact) mass is 920 g/mol. The highest BCUT2D eigenvalue weighted by molar-refractivity contribution is 7.12. The van der Waals surface area contributed by atoms with Crippen LogP contribution in [0.2, 0.25) is 0 Å². The van der Waals surface area contributed by atoms with Crippen LogP contribution < -0.4 is 0 Å². The summed E-state index contributed by atoms with van der Waals surface area (Å²) in [7, 11) is 6.00. The predicted octanol–water partition coefficient (Wildman–Crippen LogP) is 14.8. The molecule has 0 saturated carbocycles. The quantitative estimate of drug-likeness (QED) is 0.142. The van der Waals surface area contributed by atoms with E-state index in [1.807, 2.05) is 71.7 Å². The second-order valence-electron chi connectivity index (χ2n) is 18.5. The molecule has 0 aliphatic rings. The third-order valence-electron chi connectivity index (χ3n) is 10.8. The van der Waals surface area contributed by atoms with Gasteiger partial charge in [0.2, 0.25) is 0 Å². The number of aromatic nitrogens is 9. The third kappa shape index (κ3) is 18.2. The minimum absolute atomic E-state index is 0.396. The van der Waals surface area contributed by atoms with Crippen LogP contribution in [0.15, 0.2) is 16.5 Å². The van der Waals surface area contributed by atoms with Gasteiger partial charge in [0, 0.05) is 65.7 Å². The van der Waals surface area contributed by atoms with E-state index in [9.17, 15) is 0 Å². The Balaban J connectivity index is 0.000000384. The number of oxazole rings is 1. The van der Waals surface area contributed by atoms with E-state index in [0.717, 1.165) is 36.6 Å². The molecule has 0 atom stereocenters. The van der Waals surface area contributed by atoms with Crippen molar-refractivity contribution in [3.63, 3.8) is 0 Å². The van der Waals surface area contributed by atoms with Crippen molar-refractivity contribution in [1.29, 1.82) is 0 Å². The highest BCUT2D eigenvalue weighted by Crippen LogP contribution is 2.25. The summed E-state index contributed by atoms with van der Waals surface area (Å²) in [6, 6.07) is 4.31. The van der Waals surface area contributed by atoms with Gasteiger partial charge < -0.3 is 4.42 Å². The fraction of sp³-hybridized carbons (Fsp3) is 0.654. The number of rotatable bonds is 9. The molecule has 10 nitrogen and oxygen atoms in total. The van der Waals surface area contributed by atoms with Crippen molar-refractivity contribution in [3.8, 4) is 0 Å². The summed E-state index contributed by atoms with van der Waals surface area (Å²) in [5.74, 6) is 4.96. The van der Waals surface area contributed by atoms with Crippen LogP contribution in [0.3, 0.4) is 0 Å². The summed E-state index contributed by atoms with van der Waals surface area (Å²) >= 11 is 3.67. The van der Waals surface area contributed by atoms with Gasteiger partial charge in [-0.1, -0.05) is 104 Å². The van der Waals surface area contributed by atoms with Crippen molar-refractivity contribution < 1.29 is 4.42 Å². The van der Waals surface area contributed by atoms with Crippen LogP contribution in [0.4, 0.5) is 0 Å². The summed E-state index contributed by atoms with van der Waals surface area (Å²) < 4.78 is 11.2. The molecule has 6 heterocycles. The van der Waals surface area contributed by atoms with Crippen LogP contribution in [0.25, 0.3) is 0 Å². The smallest absolute Gasteiger partial charge is 0.197 e. The van der Waals surface area contributed by atoms with Gasteiger partial charge in [-0.05, 0) is 103 Å². The maximum Gasteiger partial charge on any atom is 0.197 e. The first-order valence-corrected chi connectivity index (χ1v) is 25.2.